The van der Waals surface area contributed by atoms with E-state index in [0.717, 1.165) is 5.56 Å². The first kappa shape index (κ1) is 15.7. The number of nitrogens with zero attached hydrogens (tertiary/aromatic N) is 2. The highest BCUT2D eigenvalue weighted by Gasteiger charge is 2.17. The summed E-state index contributed by atoms with van der Waals surface area (Å²) < 4.78 is 0. The lowest BCUT2D eigenvalue weighted by Crippen LogP contribution is -2.13. The van der Waals surface area contributed by atoms with Crippen LogP contribution in [0.15, 0.2) is 42.5 Å². The summed E-state index contributed by atoms with van der Waals surface area (Å²) in [5, 5.41) is 20.8. The van der Waals surface area contributed by atoms with Gasteiger partial charge in [0.1, 0.15) is 0 Å². The number of aromatic amines is 1. The molecule has 1 amide bonds. The predicted molar refractivity (Wildman–Crippen MR) is 91.2 cm³/mol. The highest BCUT2D eigenvalue weighted by Crippen LogP contribution is 2.23. The standard InChI is InChI=1S/C17H16N4O3/c1-10(2)11-4-3-5-12(8-11)18-17(22)16-14-9-13(21(23)24)6-7-15(14)19-20-16/h3-10H,1-2H3,(H,18,22)(H,19,20). The van der Waals surface area contributed by atoms with Crippen LogP contribution in [-0.4, -0.2) is 21.0 Å². The van der Waals surface area contributed by atoms with Crippen molar-refractivity contribution in [2.24, 2.45) is 0 Å². The van der Waals surface area contributed by atoms with E-state index in [1.807, 2.05) is 18.2 Å². The van der Waals surface area contributed by atoms with Crippen molar-refractivity contribution in [1.29, 1.82) is 0 Å². The van der Waals surface area contributed by atoms with Gasteiger partial charge in [-0.05, 0) is 29.7 Å². The Bertz CT molecular complexity index is 930. The highest BCUT2D eigenvalue weighted by atomic mass is 16.6. The number of rotatable bonds is 4. The Balaban J connectivity index is 1.93. The van der Waals surface area contributed by atoms with Crippen molar-refractivity contribution in [3.63, 3.8) is 0 Å². The SMILES string of the molecule is CC(C)c1cccc(NC(=O)c2n[nH]c3ccc([N+](=O)[O-])cc23)c1. The van der Waals surface area contributed by atoms with Crippen molar-refractivity contribution in [1.82, 2.24) is 10.2 Å². The number of amides is 1. The Kier molecular flexibility index (Phi) is 3.99. The summed E-state index contributed by atoms with van der Waals surface area (Å²) in [4.78, 5) is 22.9. The molecule has 0 saturated carbocycles. The van der Waals surface area contributed by atoms with Gasteiger partial charge >= 0.3 is 0 Å². The van der Waals surface area contributed by atoms with Crippen LogP contribution in [0.5, 0.6) is 0 Å². The maximum absolute atomic E-state index is 12.5. The smallest absolute Gasteiger partial charge is 0.276 e. The van der Waals surface area contributed by atoms with Gasteiger partial charge in [0, 0.05) is 23.2 Å². The van der Waals surface area contributed by atoms with Crippen molar-refractivity contribution in [2.45, 2.75) is 19.8 Å². The lowest BCUT2D eigenvalue weighted by Gasteiger charge is -2.08. The molecular formula is C17H16N4O3. The summed E-state index contributed by atoms with van der Waals surface area (Å²) >= 11 is 0. The largest absolute Gasteiger partial charge is 0.321 e. The van der Waals surface area contributed by atoms with Gasteiger partial charge in [0.05, 0.1) is 10.4 Å². The van der Waals surface area contributed by atoms with Crippen LogP contribution in [0.25, 0.3) is 10.9 Å². The minimum Gasteiger partial charge on any atom is -0.321 e. The van der Waals surface area contributed by atoms with E-state index in [1.165, 1.54) is 18.2 Å². The second-order valence-electron chi connectivity index (χ2n) is 5.79. The molecule has 2 N–H and O–H groups in total. The van der Waals surface area contributed by atoms with Crippen molar-refractivity contribution in [3.05, 3.63) is 63.8 Å². The Labute approximate surface area is 137 Å². The molecule has 7 heteroatoms. The molecule has 0 aliphatic rings. The first-order chi connectivity index (χ1) is 11.5. The van der Waals surface area contributed by atoms with Gasteiger partial charge in [-0.3, -0.25) is 20.0 Å². The van der Waals surface area contributed by atoms with Crippen molar-refractivity contribution >= 4 is 28.2 Å². The maximum atomic E-state index is 12.5. The minimum absolute atomic E-state index is 0.0836. The number of fused-ring (bicyclic) bond motifs is 1. The molecule has 24 heavy (non-hydrogen) atoms. The van der Waals surface area contributed by atoms with Crippen LogP contribution >= 0.6 is 0 Å². The summed E-state index contributed by atoms with van der Waals surface area (Å²) in [5.74, 6) is -0.0710. The molecule has 1 heterocycles. The average molecular weight is 324 g/mol. The van der Waals surface area contributed by atoms with Crippen LogP contribution < -0.4 is 5.32 Å². The Morgan fingerprint density at radius 3 is 2.75 bits per heavy atom. The molecule has 0 aliphatic heterocycles. The van der Waals surface area contributed by atoms with Gasteiger partial charge in [-0.15, -0.1) is 0 Å². The van der Waals surface area contributed by atoms with Gasteiger partial charge in [0.2, 0.25) is 0 Å². The quantitative estimate of drug-likeness (QED) is 0.562. The van der Waals surface area contributed by atoms with E-state index in [-0.39, 0.29) is 11.4 Å². The lowest BCUT2D eigenvalue weighted by molar-refractivity contribution is -0.384. The number of nitrogens with one attached hydrogen (secondary N) is 2. The Morgan fingerprint density at radius 2 is 2.04 bits per heavy atom. The fraction of sp³-hybridized carbons (Fsp3) is 0.176. The molecule has 0 atom stereocenters. The molecule has 0 spiro atoms. The fourth-order valence-electron chi connectivity index (χ4n) is 2.45. The molecule has 7 nitrogen and oxygen atoms in total. The van der Waals surface area contributed by atoms with E-state index in [0.29, 0.717) is 22.5 Å². The average Bonchev–Trinajstić information content (AvgIpc) is 2.98. The van der Waals surface area contributed by atoms with E-state index in [4.69, 9.17) is 0 Å². The normalized spacial score (nSPS) is 11.0. The molecule has 3 aromatic rings. The Hall–Kier alpha value is -3.22. The summed E-state index contributed by atoms with van der Waals surface area (Å²) in [6.45, 7) is 4.14. The molecule has 3 rings (SSSR count). The molecule has 2 aromatic carbocycles. The number of non-ortho nitro benzene ring substituents is 1. The van der Waals surface area contributed by atoms with Crippen LogP contribution in [-0.2, 0) is 0 Å². The van der Waals surface area contributed by atoms with Crippen molar-refractivity contribution < 1.29 is 9.72 Å². The van der Waals surface area contributed by atoms with Crippen LogP contribution in [0, 0.1) is 10.1 Å². The highest BCUT2D eigenvalue weighted by molar-refractivity contribution is 6.11. The number of H-pyrrole nitrogens is 1. The number of nitro benzene ring substituents is 1. The van der Waals surface area contributed by atoms with Crippen LogP contribution in [0.2, 0.25) is 0 Å². The topological polar surface area (TPSA) is 101 Å². The summed E-state index contributed by atoms with van der Waals surface area (Å²) in [7, 11) is 0. The fourth-order valence-corrected chi connectivity index (χ4v) is 2.45. The summed E-state index contributed by atoms with van der Waals surface area (Å²) in [6, 6.07) is 11.8. The van der Waals surface area contributed by atoms with E-state index >= 15 is 0 Å². The molecule has 122 valence electrons. The van der Waals surface area contributed by atoms with Gasteiger partial charge in [-0.25, -0.2) is 0 Å². The first-order valence-electron chi connectivity index (χ1n) is 7.49. The zero-order valence-corrected chi connectivity index (χ0v) is 13.2. The number of nitro groups is 1. The second kappa shape index (κ2) is 6.11. The van der Waals surface area contributed by atoms with E-state index in [1.54, 1.807) is 6.07 Å². The summed E-state index contributed by atoms with van der Waals surface area (Å²) in [5.41, 5.74) is 2.38. The number of hydrogen-bond donors (Lipinski definition) is 2. The van der Waals surface area contributed by atoms with Gasteiger partial charge in [0.25, 0.3) is 11.6 Å². The van der Waals surface area contributed by atoms with Crippen LogP contribution in [0.4, 0.5) is 11.4 Å². The third-order valence-electron chi connectivity index (χ3n) is 3.78. The third kappa shape index (κ3) is 2.96. The summed E-state index contributed by atoms with van der Waals surface area (Å²) in [6.07, 6.45) is 0. The van der Waals surface area contributed by atoms with Gasteiger partial charge in [0.15, 0.2) is 5.69 Å². The number of benzene rings is 2. The van der Waals surface area contributed by atoms with E-state index in [9.17, 15) is 14.9 Å². The molecule has 0 bridgehead atoms. The second-order valence-corrected chi connectivity index (χ2v) is 5.79. The van der Waals surface area contributed by atoms with Crippen molar-refractivity contribution in [3.8, 4) is 0 Å². The molecule has 1 aromatic heterocycles. The zero-order valence-electron chi connectivity index (χ0n) is 13.2. The molecule has 0 fully saturated rings. The number of carbonyl (C=O) groups excluding carboxylic acids is 1. The number of anilines is 1. The number of hydrogen-bond acceptors (Lipinski definition) is 4. The zero-order chi connectivity index (χ0) is 17.3. The van der Waals surface area contributed by atoms with E-state index in [2.05, 4.69) is 29.4 Å². The Morgan fingerprint density at radius 1 is 1.25 bits per heavy atom. The van der Waals surface area contributed by atoms with Gasteiger partial charge in [-0.2, -0.15) is 5.10 Å². The first-order valence-corrected chi connectivity index (χ1v) is 7.49. The molecule has 0 aliphatic carbocycles. The predicted octanol–water partition coefficient (Wildman–Crippen LogP) is 3.85. The number of carbonyl (C=O) groups is 1. The lowest BCUT2D eigenvalue weighted by atomic mass is 10.0. The molecule has 0 unspecified atom stereocenters. The molecule has 0 saturated heterocycles. The number of aromatic nitrogens is 2. The van der Waals surface area contributed by atoms with Gasteiger partial charge < -0.3 is 5.32 Å². The molecule has 0 radical (unpaired) electrons. The monoisotopic (exact) mass is 324 g/mol. The van der Waals surface area contributed by atoms with Crippen molar-refractivity contribution in [2.75, 3.05) is 5.32 Å². The molecular weight excluding hydrogens is 308 g/mol. The third-order valence-corrected chi connectivity index (χ3v) is 3.78. The van der Waals surface area contributed by atoms with Crippen LogP contribution in [0.1, 0.15) is 35.8 Å². The van der Waals surface area contributed by atoms with E-state index < -0.39 is 10.8 Å². The van der Waals surface area contributed by atoms with Crippen LogP contribution in [0.3, 0.4) is 0 Å². The minimum atomic E-state index is -0.500. The van der Waals surface area contributed by atoms with Gasteiger partial charge in [-0.1, -0.05) is 26.0 Å². The maximum Gasteiger partial charge on any atom is 0.276 e.